The molecule has 0 bridgehead atoms. The number of aromatic nitrogens is 3. The lowest BCUT2D eigenvalue weighted by atomic mass is 9.74. The van der Waals surface area contributed by atoms with Crippen molar-refractivity contribution < 1.29 is 4.52 Å². The first kappa shape index (κ1) is 13.2. The van der Waals surface area contributed by atoms with Crippen LogP contribution in [-0.2, 0) is 5.41 Å². The highest BCUT2D eigenvalue weighted by atomic mass is 16.5. The highest BCUT2D eigenvalue weighted by molar-refractivity contribution is 5.58. The lowest BCUT2D eigenvalue weighted by Crippen LogP contribution is -2.37. The number of rotatable bonds is 3. The van der Waals surface area contributed by atoms with Crippen molar-refractivity contribution >= 4 is 0 Å². The maximum Gasteiger partial charge on any atom is 0.234 e. The van der Waals surface area contributed by atoms with Crippen molar-refractivity contribution in [3.8, 4) is 11.4 Å². The third-order valence-electron chi connectivity index (χ3n) is 4.34. The van der Waals surface area contributed by atoms with Crippen molar-refractivity contribution in [2.45, 2.75) is 44.4 Å². The van der Waals surface area contributed by atoms with E-state index in [0.29, 0.717) is 18.3 Å². The molecule has 3 rings (SSSR count). The summed E-state index contributed by atoms with van der Waals surface area (Å²) in [5, 5.41) is 4.15. The average Bonchev–Trinajstić information content (AvgIpc) is 2.98. The molecule has 2 heterocycles. The van der Waals surface area contributed by atoms with Crippen molar-refractivity contribution in [1.82, 2.24) is 15.1 Å². The topological polar surface area (TPSA) is 77.8 Å². The highest BCUT2D eigenvalue weighted by Crippen LogP contribution is 2.38. The number of aryl methyl sites for hydroxylation is 1. The van der Waals surface area contributed by atoms with E-state index < -0.39 is 0 Å². The van der Waals surface area contributed by atoms with Crippen LogP contribution in [0.5, 0.6) is 0 Å². The molecule has 106 valence electrons. The van der Waals surface area contributed by atoms with Gasteiger partial charge < -0.3 is 10.3 Å². The Hall–Kier alpha value is -1.75. The molecule has 0 aliphatic heterocycles. The van der Waals surface area contributed by atoms with E-state index in [1.165, 1.54) is 19.3 Å². The largest absolute Gasteiger partial charge is 0.338 e. The van der Waals surface area contributed by atoms with Gasteiger partial charge in [0.1, 0.15) is 0 Å². The van der Waals surface area contributed by atoms with Crippen LogP contribution in [0.2, 0.25) is 0 Å². The van der Waals surface area contributed by atoms with Gasteiger partial charge in [-0.05, 0) is 31.4 Å². The SMILES string of the molecule is Cc1cnccc1-c1noc(C2(CN)CCCCC2)n1. The Morgan fingerprint density at radius 3 is 2.80 bits per heavy atom. The second kappa shape index (κ2) is 5.32. The first-order valence-electron chi connectivity index (χ1n) is 7.20. The molecule has 0 atom stereocenters. The second-order valence-electron chi connectivity index (χ2n) is 5.66. The predicted octanol–water partition coefficient (Wildman–Crippen LogP) is 2.60. The number of nitrogens with zero attached hydrogens (tertiary/aromatic N) is 3. The molecule has 1 aliphatic carbocycles. The van der Waals surface area contributed by atoms with E-state index in [1.807, 2.05) is 19.2 Å². The zero-order chi connectivity index (χ0) is 14.0. The monoisotopic (exact) mass is 272 g/mol. The molecule has 0 saturated heterocycles. The van der Waals surface area contributed by atoms with Crippen LogP contribution in [0.1, 0.15) is 43.6 Å². The molecule has 2 aromatic rings. The summed E-state index contributed by atoms with van der Waals surface area (Å²) in [6.45, 7) is 2.57. The Morgan fingerprint density at radius 1 is 1.30 bits per heavy atom. The van der Waals surface area contributed by atoms with Crippen molar-refractivity contribution in [3.05, 3.63) is 29.9 Å². The van der Waals surface area contributed by atoms with Gasteiger partial charge in [-0.3, -0.25) is 4.98 Å². The van der Waals surface area contributed by atoms with Gasteiger partial charge in [0.25, 0.3) is 0 Å². The molecule has 0 aromatic carbocycles. The normalized spacial score (nSPS) is 18.1. The van der Waals surface area contributed by atoms with E-state index >= 15 is 0 Å². The van der Waals surface area contributed by atoms with Crippen LogP contribution in [0, 0.1) is 6.92 Å². The van der Waals surface area contributed by atoms with E-state index in [9.17, 15) is 0 Å². The standard InChI is InChI=1S/C15H20N4O/c1-11-9-17-8-5-12(11)13-18-14(20-19-13)15(10-16)6-3-2-4-7-15/h5,8-9H,2-4,6-7,10,16H2,1H3. The van der Waals surface area contributed by atoms with Gasteiger partial charge in [-0.15, -0.1) is 0 Å². The van der Waals surface area contributed by atoms with Gasteiger partial charge in [0.2, 0.25) is 11.7 Å². The minimum atomic E-state index is -0.121. The molecule has 5 heteroatoms. The van der Waals surface area contributed by atoms with Crippen molar-refractivity contribution in [2.75, 3.05) is 6.54 Å². The van der Waals surface area contributed by atoms with E-state index in [1.54, 1.807) is 6.20 Å². The van der Waals surface area contributed by atoms with Crippen LogP contribution in [0.4, 0.5) is 0 Å². The fourth-order valence-corrected chi connectivity index (χ4v) is 3.01. The summed E-state index contributed by atoms with van der Waals surface area (Å²) >= 11 is 0. The Kier molecular flexibility index (Phi) is 3.53. The zero-order valence-corrected chi connectivity index (χ0v) is 11.8. The van der Waals surface area contributed by atoms with E-state index in [2.05, 4.69) is 15.1 Å². The quantitative estimate of drug-likeness (QED) is 0.929. The van der Waals surface area contributed by atoms with E-state index in [-0.39, 0.29) is 5.41 Å². The van der Waals surface area contributed by atoms with Gasteiger partial charge in [-0.2, -0.15) is 4.98 Å². The molecule has 1 saturated carbocycles. The molecule has 2 aromatic heterocycles. The van der Waals surface area contributed by atoms with Crippen LogP contribution in [0.3, 0.4) is 0 Å². The second-order valence-corrected chi connectivity index (χ2v) is 5.66. The first-order valence-corrected chi connectivity index (χ1v) is 7.20. The summed E-state index contributed by atoms with van der Waals surface area (Å²) in [5.41, 5.74) is 7.91. The molecule has 0 unspecified atom stereocenters. The van der Waals surface area contributed by atoms with Crippen LogP contribution in [0.25, 0.3) is 11.4 Å². The molecule has 0 radical (unpaired) electrons. The Labute approximate surface area is 118 Å². The molecule has 20 heavy (non-hydrogen) atoms. The summed E-state index contributed by atoms with van der Waals surface area (Å²) in [6, 6.07) is 1.92. The first-order chi connectivity index (χ1) is 9.75. The van der Waals surface area contributed by atoms with Gasteiger partial charge in [0, 0.05) is 24.5 Å². The molecular weight excluding hydrogens is 252 g/mol. The number of hydrogen-bond donors (Lipinski definition) is 1. The van der Waals surface area contributed by atoms with Crippen LogP contribution < -0.4 is 5.73 Å². The molecular formula is C15H20N4O. The van der Waals surface area contributed by atoms with Crippen molar-refractivity contribution in [3.63, 3.8) is 0 Å². The Bertz CT molecular complexity index is 587. The van der Waals surface area contributed by atoms with E-state index in [4.69, 9.17) is 10.3 Å². The van der Waals surface area contributed by atoms with Gasteiger partial charge in [0.05, 0.1) is 5.41 Å². The van der Waals surface area contributed by atoms with Crippen molar-refractivity contribution in [1.29, 1.82) is 0 Å². The number of nitrogens with two attached hydrogens (primary N) is 1. The molecule has 0 amide bonds. The molecule has 0 spiro atoms. The minimum Gasteiger partial charge on any atom is -0.338 e. The van der Waals surface area contributed by atoms with Crippen LogP contribution in [0.15, 0.2) is 23.0 Å². The average molecular weight is 272 g/mol. The smallest absolute Gasteiger partial charge is 0.234 e. The van der Waals surface area contributed by atoms with Crippen LogP contribution in [-0.4, -0.2) is 21.7 Å². The fraction of sp³-hybridized carbons (Fsp3) is 0.533. The summed E-state index contributed by atoms with van der Waals surface area (Å²) in [5.74, 6) is 1.34. The third kappa shape index (κ3) is 2.22. The third-order valence-corrected chi connectivity index (χ3v) is 4.34. The van der Waals surface area contributed by atoms with Gasteiger partial charge in [-0.25, -0.2) is 0 Å². The highest BCUT2D eigenvalue weighted by Gasteiger charge is 2.38. The summed E-state index contributed by atoms with van der Waals surface area (Å²) in [6.07, 6.45) is 9.28. The Morgan fingerprint density at radius 2 is 2.10 bits per heavy atom. The van der Waals surface area contributed by atoms with Gasteiger partial charge in [-0.1, -0.05) is 24.4 Å². The van der Waals surface area contributed by atoms with Gasteiger partial charge >= 0.3 is 0 Å². The molecule has 1 aliphatic rings. The van der Waals surface area contributed by atoms with Crippen molar-refractivity contribution in [2.24, 2.45) is 5.73 Å². The van der Waals surface area contributed by atoms with E-state index in [0.717, 1.165) is 24.0 Å². The molecule has 2 N–H and O–H groups in total. The maximum atomic E-state index is 6.01. The minimum absolute atomic E-state index is 0.121. The lowest BCUT2D eigenvalue weighted by molar-refractivity contribution is 0.220. The number of hydrogen-bond acceptors (Lipinski definition) is 5. The predicted molar refractivity (Wildman–Crippen MR) is 76.1 cm³/mol. The summed E-state index contributed by atoms with van der Waals surface area (Å²) < 4.78 is 5.55. The van der Waals surface area contributed by atoms with Gasteiger partial charge in [0.15, 0.2) is 0 Å². The lowest BCUT2D eigenvalue weighted by Gasteiger charge is -2.32. The molecule has 5 nitrogen and oxygen atoms in total. The fourth-order valence-electron chi connectivity index (χ4n) is 3.01. The summed E-state index contributed by atoms with van der Waals surface area (Å²) in [7, 11) is 0. The molecule has 1 fully saturated rings. The Balaban J connectivity index is 1.95. The number of pyridine rings is 1. The zero-order valence-electron chi connectivity index (χ0n) is 11.8. The van der Waals surface area contributed by atoms with Crippen LogP contribution >= 0.6 is 0 Å². The summed E-state index contributed by atoms with van der Waals surface area (Å²) in [4.78, 5) is 8.71. The maximum absolute atomic E-state index is 6.01.